The van der Waals surface area contributed by atoms with Crippen molar-refractivity contribution in [2.45, 2.75) is 18.9 Å². The standard InChI is InChI=1S/C14H13ClFN3O/c15-11-5-8(16)1-4-12(11)18-14(20)13-6-9(17)7-19(13)10-2-3-10/h1,4-7,10H,2-3,17H2,(H,18,20). The number of carbonyl (C=O) groups is 1. The molecule has 1 aromatic carbocycles. The fourth-order valence-electron chi connectivity index (χ4n) is 2.11. The first-order chi connectivity index (χ1) is 9.54. The van der Waals surface area contributed by atoms with Crippen molar-refractivity contribution in [3.63, 3.8) is 0 Å². The molecule has 0 spiro atoms. The van der Waals surface area contributed by atoms with E-state index in [4.69, 9.17) is 17.3 Å². The summed E-state index contributed by atoms with van der Waals surface area (Å²) in [7, 11) is 0. The number of hydrogen-bond acceptors (Lipinski definition) is 2. The molecule has 1 saturated carbocycles. The molecule has 1 heterocycles. The Kier molecular flexibility index (Phi) is 3.14. The zero-order valence-electron chi connectivity index (χ0n) is 10.6. The molecule has 0 radical (unpaired) electrons. The summed E-state index contributed by atoms with van der Waals surface area (Å²) in [5, 5.41) is 2.84. The van der Waals surface area contributed by atoms with Gasteiger partial charge in [-0.15, -0.1) is 0 Å². The summed E-state index contributed by atoms with van der Waals surface area (Å²) in [5.41, 5.74) is 7.16. The van der Waals surface area contributed by atoms with Gasteiger partial charge in [-0.1, -0.05) is 11.6 Å². The van der Waals surface area contributed by atoms with Crippen LogP contribution in [0.15, 0.2) is 30.5 Å². The van der Waals surface area contributed by atoms with Crippen molar-refractivity contribution in [1.82, 2.24) is 4.57 Å². The molecule has 0 atom stereocenters. The molecule has 1 aliphatic carbocycles. The van der Waals surface area contributed by atoms with Gasteiger partial charge in [-0.2, -0.15) is 0 Å². The summed E-state index contributed by atoms with van der Waals surface area (Å²) >= 11 is 5.89. The maximum absolute atomic E-state index is 13.0. The van der Waals surface area contributed by atoms with E-state index in [1.54, 1.807) is 12.3 Å². The summed E-state index contributed by atoms with van der Waals surface area (Å²) in [5.74, 6) is -0.749. The van der Waals surface area contributed by atoms with E-state index in [0.717, 1.165) is 18.9 Å². The zero-order chi connectivity index (χ0) is 14.3. The Morgan fingerprint density at radius 2 is 2.15 bits per heavy atom. The molecule has 20 heavy (non-hydrogen) atoms. The predicted molar refractivity (Wildman–Crippen MR) is 76.5 cm³/mol. The van der Waals surface area contributed by atoms with Crippen molar-refractivity contribution >= 4 is 28.9 Å². The van der Waals surface area contributed by atoms with Crippen LogP contribution in [0.25, 0.3) is 0 Å². The fourth-order valence-corrected chi connectivity index (χ4v) is 2.33. The molecular formula is C14H13ClFN3O. The Morgan fingerprint density at radius 3 is 2.80 bits per heavy atom. The van der Waals surface area contributed by atoms with Gasteiger partial charge in [-0.05, 0) is 37.1 Å². The molecule has 0 saturated heterocycles. The highest BCUT2D eigenvalue weighted by Gasteiger charge is 2.27. The lowest BCUT2D eigenvalue weighted by atomic mass is 10.3. The quantitative estimate of drug-likeness (QED) is 0.910. The molecule has 1 amide bonds. The second kappa shape index (κ2) is 4.83. The van der Waals surface area contributed by atoms with Gasteiger partial charge in [0.05, 0.1) is 16.4 Å². The molecule has 2 aromatic rings. The van der Waals surface area contributed by atoms with Crippen molar-refractivity contribution in [2.75, 3.05) is 11.1 Å². The number of halogens is 2. The minimum Gasteiger partial charge on any atom is -0.397 e. The van der Waals surface area contributed by atoms with Crippen LogP contribution in [0, 0.1) is 5.82 Å². The molecule has 1 fully saturated rings. The van der Waals surface area contributed by atoms with Crippen LogP contribution in [-0.4, -0.2) is 10.5 Å². The van der Waals surface area contributed by atoms with Crippen molar-refractivity contribution < 1.29 is 9.18 Å². The minimum absolute atomic E-state index is 0.163. The molecule has 1 aliphatic rings. The number of nitrogen functional groups attached to an aromatic ring is 1. The number of hydrogen-bond donors (Lipinski definition) is 2. The lowest BCUT2D eigenvalue weighted by molar-refractivity contribution is 0.101. The van der Waals surface area contributed by atoms with Crippen LogP contribution in [-0.2, 0) is 0 Å². The highest BCUT2D eigenvalue weighted by Crippen LogP contribution is 2.37. The van der Waals surface area contributed by atoms with Gasteiger partial charge in [0, 0.05) is 12.2 Å². The third-order valence-corrected chi connectivity index (χ3v) is 3.53. The second-order valence-electron chi connectivity index (χ2n) is 4.88. The number of nitrogens with zero attached hydrogens (tertiary/aromatic N) is 1. The van der Waals surface area contributed by atoms with Gasteiger partial charge >= 0.3 is 0 Å². The first-order valence-corrected chi connectivity index (χ1v) is 6.66. The van der Waals surface area contributed by atoms with E-state index < -0.39 is 5.82 Å². The molecule has 4 nitrogen and oxygen atoms in total. The third kappa shape index (κ3) is 2.49. The average molecular weight is 294 g/mol. The maximum Gasteiger partial charge on any atom is 0.272 e. The van der Waals surface area contributed by atoms with Crippen LogP contribution in [0.5, 0.6) is 0 Å². The van der Waals surface area contributed by atoms with Gasteiger partial charge < -0.3 is 15.6 Å². The number of amides is 1. The lowest BCUT2D eigenvalue weighted by Gasteiger charge is -2.09. The van der Waals surface area contributed by atoms with Gasteiger partial charge in [0.25, 0.3) is 5.91 Å². The third-order valence-electron chi connectivity index (χ3n) is 3.22. The van der Waals surface area contributed by atoms with E-state index in [-0.39, 0.29) is 10.9 Å². The Morgan fingerprint density at radius 1 is 1.40 bits per heavy atom. The van der Waals surface area contributed by atoms with Crippen molar-refractivity contribution in [3.05, 3.63) is 47.0 Å². The van der Waals surface area contributed by atoms with Crippen LogP contribution < -0.4 is 11.1 Å². The van der Waals surface area contributed by atoms with Crippen LogP contribution in [0.1, 0.15) is 29.4 Å². The lowest BCUT2D eigenvalue weighted by Crippen LogP contribution is -2.16. The number of aromatic nitrogens is 1. The molecule has 0 unspecified atom stereocenters. The molecular weight excluding hydrogens is 281 g/mol. The normalized spacial score (nSPS) is 14.3. The van der Waals surface area contributed by atoms with Gasteiger partial charge in [0.1, 0.15) is 11.5 Å². The van der Waals surface area contributed by atoms with Crippen LogP contribution in [0.4, 0.5) is 15.8 Å². The number of rotatable bonds is 3. The number of nitrogens with one attached hydrogen (secondary N) is 1. The zero-order valence-corrected chi connectivity index (χ0v) is 11.3. The van der Waals surface area contributed by atoms with Crippen LogP contribution >= 0.6 is 11.6 Å². The van der Waals surface area contributed by atoms with Crippen molar-refractivity contribution in [2.24, 2.45) is 0 Å². The smallest absolute Gasteiger partial charge is 0.272 e. The van der Waals surface area contributed by atoms with E-state index in [9.17, 15) is 9.18 Å². The van der Waals surface area contributed by atoms with Gasteiger partial charge in [0.2, 0.25) is 0 Å². The maximum atomic E-state index is 13.0. The van der Waals surface area contributed by atoms with Gasteiger partial charge in [-0.25, -0.2) is 4.39 Å². The molecule has 3 N–H and O–H groups in total. The minimum atomic E-state index is -0.446. The van der Waals surface area contributed by atoms with E-state index in [2.05, 4.69) is 5.32 Å². The Bertz CT molecular complexity index is 679. The van der Waals surface area contributed by atoms with Crippen molar-refractivity contribution in [3.8, 4) is 0 Å². The molecule has 104 valence electrons. The van der Waals surface area contributed by atoms with Crippen molar-refractivity contribution in [1.29, 1.82) is 0 Å². The highest BCUT2D eigenvalue weighted by atomic mass is 35.5. The summed E-state index contributed by atoms with van der Waals surface area (Å²) in [6, 6.07) is 5.81. The molecule has 0 bridgehead atoms. The SMILES string of the molecule is Nc1cc(C(=O)Nc2ccc(F)cc2Cl)n(C2CC2)c1. The van der Waals surface area contributed by atoms with E-state index in [0.29, 0.717) is 23.1 Å². The van der Waals surface area contributed by atoms with E-state index in [1.807, 2.05) is 4.57 Å². The fraction of sp³-hybridized carbons (Fsp3) is 0.214. The topological polar surface area (TPSA) is 60.1 Å². The van der Waals surface area contributed by atoms with E-state index >= 15 is 0 Å². The number of nitrogens with two attached hydrogens (primary N) is 1. The Labute approximate surface area is 120 Å². The summed E-state index contributed by atoms with van der Waals surface area (Å²) in [4.78, 5) is 12.3. The average Bonchev–Trinajstić information content (AvgIpc) is 3.16. The Hall–Kier alpha value is -2.01. The van der Waals surface area contributed by atoms with Gasteiger partial charge in [-0.3, -0.25) is 4.79 Å². The summed E-state index contributed by atoms with van der Waals surface area (Å²) in [6.45, 7) is 0. The monoisotopic (exact) mass is 293 g/mol. The van der Waals surface area contributed by atoms with Gasteiger partial charge in [0.15, 0.2) is 0 Å². The van der Waals surface area contributed by atoms with Crippen LogP contribution in [0.3, 0.4) is 0 Å². The first kappa shape index (κ1) is 13.0. The molecule has 1 aromatic heterocycles. The molecule has 3 rings (SSSR count). The number of carbonyl (C=O) groups excluding carboxylic acids is 1. The first-order valence-electron chi connectivity index (χ1n) is 6.28. The highest BCUT2D eigenvalue weighted by molar-refractivity contribution is 6.33. The van der Waals surface area contributed by atoms with E-state index in [1.165, 1.54) is 12.1 Å². The number of benzene rings is 1. The largest absolute Gasteiger partial charge is 0.397 e. The summed E-state index contributed by atoms with van der Waals surface area (Å²) < 4.78 is 14.8. The predicted octanol–water partition coefficient (Wildman–Crippen LogP) is 3.45. The van der Waals surface area contributed by atoms with Crippen LogP contribution in [0.2, 0.25) is 5.02 Å². The second-order valence-corrected chi connectivity index (χ2v) is 5.28. The number of anilines is 2. The molecule has 6 heteroatoms. The summed E-state index contributed by atoms with van der Waals surface area (Å²) in [6.07, 6.45) is 3.86. The molecule has 0 aliphatic heterocycles. The Balaban J connectivity index is 1.86.